The van der Waals surface area contributed by atoms with Crippen LogP contribution in [-0.4, -0.2) is 32.9 Å². The van der Waals surface area contributed by atoms with Crippen LogP contribution in [-0.2, 0) is 9.53 Å². The van der Waals surface area contributed by atoms with Gasteiger partial charge in [0, 0.05) is 10.5 Å². The summed E-state index contributed by atoms with van der Waals surface area (Å²) in [5.74, 6) is -1.30. The van der Waals surface area contributed by atoms with E-state index >= 15 is 0 Å². The number of hydrogen-bond acceptors (Lipinski definition) is 6. The summed E-state index contributed by atoms with van der Waals surface area (Å²) in [5, 5.41) is 9.87. The van der Waals surface area contributed by atoms with Gasteiger partial charge in [0.2, 0.25) is 0 Å². The van der Waals surface area contributed by atoms with Crippen molar-refractivity contribution < 1.29 is 19.4 Å². The van der Waals surface area contributed by atoms with Gasteiger partial charge in [0.15, 0.2) is 5.69 Å². The maximum Gasteiger partial charge on any atom is 0.356 e. The molecule has 30 heavy (non-hydrogen) atoms. The van der Waals surface area contributed by atoms with Crippen LogP contribution in [0, 0.1) is 0 Å². The fraction of sp³-hybridized carbons (Fsp3) is 0.261. The highest BCUT2D eigenvalue weighted by Gasteiger charge is 2.23. The summed E-state index contributed by atoms with van der Waals surface area (Å²) in [6.07, 6.45) is 0. The molecule has 0 saturated heterocycles. The summed E-state index contributed by atoms with van der Waals surface area (Å²) >= 11 is 2.77. The molecular formula is C23H23NO4S2. The van der Waals surface area contributed by atoms with E-state index < -0.39 is 11.6 Å². The van der Waals surface area contributed by atoms with E-state index in [2.05, 4.69) is 4.98 Å². The molecule has 0 aliphatic rings. The lowest BCUT2D eigenvalue weighted by molar-refractivity contribution is -0.153. The monoisotopic (exact) mass is 441 g/mol. The van der Waals surface area contributed by atoms with Gasteiger partial charge in [-0.05, 0) is 45.4 Å². The molecule has 1 heterocycles. The number of nitrogens with zero attached hydrogens (tertiary/aromatic N) is 1. The predicted octanol–water partition coefficient (Wildman–Crippen LogP) is 6.00. The van der Waals surface area contributed by atoms with Crippen LogP contribution < -0.4 is 0 Å². The molecule has 2 aromatic carbocycles. The normalized spacial score (nSPS) is 12.4. The molecule has 0 spiro atoms. The van der Waals surface area contributed by atoms with E-state index in [0.29, 0.717) is 9.88 Å². The molecule has 0 fully saturated rings. The summed E-state index contributed by atoms with van der Waals surface area (Å²) in [7, 11) is 0. The smallest absolute Gasteiger partial charge is 0.356 e. The molecule has 0 radical (unpaired) electrons. The molecule has 7 heteroatoms. The second-order valence-electron chi connectivity index (χ2n) is 7.69. The summed E-state index contributed by atoms with van der Waals surface area (Å²) in [4.78, 5) is 29.8. The quantitative estimate of drug-likeness (QED) is 0.374. The number of aromatic nitrogens is 1. The summed E-state index contributed by atoms with van der Waals surface area (Å²) in [6.45, 7) is 7.36. The Labute approximate surface area is 184 Å². The van der Waals surface area contributed by atoms with Crippen molar-refractivity contribution in [3.05, 3.63) is 60.3 Å². The summed E-state index contributed by atoms with van der Waals surface area (Å²) < 4.78 is 5.42. The van der Waals surface area contributed by atoms with Gasteiger partial charge >= 0.3 is 11.9 Å². The first kappa shape index (κ1) is 22.1. The maximum absolute atomic E-state index is 12.2. The lowest BCUT2D eigenvalue weighted by Crippen LogP contribution is -2.28. The number of carbonyl (C=O) groups excluding carboxylic acids is 1. The molecule has 1 aromatic heterocycles. The number of rotatable bonds is 6. The predicted molar refractivity (Wildman–Crippen MR) is 121 cm³/mol. The third kappa shape index (κ3) is 5.49. The van der Waals surface area contributed by atoms with Crippen molar-refractivity contribution in [1.82, 2.24) is 4.98 Å². The molecule has 1 unspecified atom stereocenters. The van der Waals surface area contributed by atoms with Gasteiger partial charge in [0.25, 0.3) is 0 Å². The molecule has 0 bridgehead atoms. The van der Waals surface area contributed by atoms with Gasteiger partial charge < -0.3 is 9.84 Å². The van der Waals surface area contributed by atoms with Crippen LogP contribution in [0.2, 0.25) is 0 Å². The average molecular weight is 442 g/mol. The van der Waals surface area contributed by atoms with Crippen LogP contribution in [0.5, 0.6) is 0 Å². The highest BCUT2D eigenvalue weighted by atomic mass is 32.2. The van der Waals surface area contributed by atoms with E-state index in [0.717, 1.165) is 16.0 Å². The summed E-state index contributed by atoms with van der Waals surface area (Å²) in [6, 6.07) is 17.0. The zero-order chi connectivity index (χ0) is 21.9. The molecule has 5 nitrogen and oxygen atoms in total. The number of carboxylic acids is 1. The Balaban J connectivity index is 1.80. The average Bonchev–Trinajstić information content (AvgIpc) is 3.14. The maximum atomic E-state index is 12.2. The minimum absolute atomic E-state index is 0.0539. The second-order valence-corrected chi connectivity index (χ2v) is 10.1. The number of carbonyl (C=O) groups is 2. The van der Waals surface area contributed by atoms with Crippen LogP contribution in [0.1, 0.15) is 38.2 Å². The minimum atomic E-state index is -1.05. The SMILES string of the molecule is CC(Sc1ccc(-c2nc(C(=O)O)c(-c3ccccc3)s2)cc1)C(=O)OC(C)(C)C. The first-order valence-electron chi connectivity index (χ1n) is 9.43. The Kier molecular flexibility index (Phi) is 6.63. The Morgan fingerprint density at radius 3 is 2.23 bits per heavy atom. The van der Waals surface area contributed by atoms with Gasteiger partial charge in [0.05, 0.1) is 4.88 Å². The molecule has 0 amide bonds. The van der Waals surface area contributed by atoms with Gasteiger partial charge in [-0.25, -0.2) is 9.78 Å². The van der Waals surface area contributed by atoms with Gasteiger partial charge in [-0.3, -0.25) is 4.79 Å². The van der Waals surface area contributed by atoms with Crippen LogP contribution in [0.4, 0.5) is 0 Å². The zero-order valence-corrected chi connectivity index (χ0v) is 18.8. The van der Waals surface area contributed by atoms with Gasteiger partial charge in [-0.15, -0.1) is 23.1 Å². The number of aromatic carboxylic acids is 1. The molecule has 0 saturated carbocycles. The lowest BCUT2D eigenvalue weighted by atomic mass is 10.1. The molecule has 1 atom stereocenters. The summed E-state index contributed by atoms with van der Waals surface area (Å²) in [5.41, 5.74) is 1.20. The van der Waals surface area contributed by atoms with Crippen LogP contribution >= 0.6 is 23.1 Å². The van der Waals surface area contributed by atoms with Gasteiger partial charge in [0.1, 0.15) is 15.9 Å². The Bertz CT molecular complexity index is 1040. The third-order valence-corrected chi connectivity index (χ3v) is 6.26. The minimum Gasteiger partial charge on any atom is -0.476 e. The van der Waals surface area contributed by atoms with Crippen molar-refractivity contribution in [2.24, 2.45) is 0 Å². The van der Waals surface area contributed by atoms with E-state index in [1.165, 1.54) is 23.1 Å². The van der Waals surface area contributed by atoms with Gasteiger partial charge in [-0.1, -0.05) is 42.5 Å². The first-order chi connectivity index (χ1) is 14.1. The molecule has 3 rings (SSSR count). The highest BCUT2D eigenvalue weighted by molar-refractivity contribution is 8.00. The molecule has 156 valence electrons. The number of carboxylic acid groups (broad SMARTS) is 1. The molecule has 1 N–H and O–H groups in total. The number of esters is 1. The number of ether oxygens (including phenoxy) is 1. The van der Waals surface area contributed by atoms with E-state index in [1.54, 1.807) is 0 Å². The number of thioether (sulfide) groups is 1. The van der Waals surface area contributed by atoms with E-state index in [9.17, 15) is 14.7 Å². The molecule has 0 aliphatic heterocycles. The van der Waals surface area contributed by atoms with Crippen molar-refractivity contribution >= 4 is 35.0 Å². The molecular weight excluding hydrogens is 418 g/mol. The topological polar surface area (TPSA) is 76.5 Å². The van der Waals surface area contributed by atoms with E-state index in [-0.39, 0.29) is 16.9 Å². The second kappa shape index (κ2) is 9.02. The fourth-order valence-electron chi connectivity index (χ4n) is 2.69. The fourth-order valence-corrected chi connectivity index (χ4v) is 4.60. The third-order valence-electron chi connectivity index (χ3n) is 4.02. The Morgan fingerprint density at radius 2 is 1.67 bits per heavy atom. The Morgan fingerprint density at radius 1 is 1.03 bits per heavy atom. The molecule has 0 aliphatic carbocycles. The largest absolute Gasteiger partial charge is 0.476 e. The van der Waals surface area contributed by atoms with Crippen molar-refractivity contribution in [2.75, 3.05) is 0 Å². The van der Waals surface area contributed by atoms with Crippen LogP contribution in [0.3, 0.4) is 0 Å². The van der Waals surface area contributed by atoms with Crippen LogP contribution in [0.15, 0.2) is 59.5 Å². The number of thiazole rings is 1. The number of hydrogen-bond donors (Lipinski definition) is 1. The zero-order valence-electron chi connectivity index (χ0n) is 17.2. The standard InChI is InChI=1S/C23H23NO4S2/c1-14(22(27)28-23(2,3)4)29-17-12-10-16(11-13-17)20-24-18(21(25)26)19(30-20)15-8-6-5-7-9-15/h5-14H,1-4H3,(H,25,26). The number of benzene rings is 2. The van der Waals surface area contributed by atoms with E-state index in [4.69, 9.17) is 4.74 Å². The molecule has 3 aromatic rings. The first-order valence-corrected chi connectivity index (χ1v) is 11.1. The van der Waals surface area contributed by atoms with E-state index in [1.807, 2.05) is 82.3 Å². The van der Waals surface area contributed by atoms with Gasteiger partial charge in [-0.2, -0.15) is 0 Å². The highest BCUT2D eigenvalue weighted by Crippen LogP contribution is 2.36. The van der Waals surface area contributed by atoms with Crippen molar-refractivity contribution in [3.63, 3.8) is 0 Å². The van der Waals surface area contributed by atoms with Crippen molar-refractivity contribution in [2.45, 2.75) is 43.4 Å². The van der Waals surface area contributed by atoms with Crippen molar-refractivity contribution in [1.29, 1.82) is 0 Å². The Hall–Kier alpha value is -2.64. The lowest BCUT2D eigenvalue weighted by Gasteiger charge is -2.22. The van der Waals surface area contributed by atoms with Crippen molar-refractivity contribution in [3.8, 4) is 21.0 Å². The van der Waals surface area contributed by atoms with Crippen LogP contribution in [0.25, 0.3) is 21.0 Å².